The molecule has 0 aliphatic rings. The van der Waals surface area contributed by atoms with Crippen LogP contribution in [0.3, 0.4) is 0 Å². The maximum Gasteiger partial charge on any atom is 0.358 e. The van der Waals surface area contributed by atoms with Gasteiger partial charge in [-0.25, -0.2) is 9.48 Å². The highest BCUT2D eigenvalue weighted by molar-refractivity contribution is 6.10. The van der Waals surface area contributed by atoms with E-state index in [2.05, 4.69) is 45.0 Å². The smallest absolute Gasteiger partial charge is 0.358 e. The molecule has 1 amide bonds. The number of aromatic nitrogens is 2. The summed E-state index contributed by atoms with van der Waals surface area (Å²) in [6, 6.07) is 22.6. The zero-order chi connectivity index (χ0) is 27.6. The molecule has 0 aliphatic heterocycles. The number of nitrogens with one attached hydrogen (secondary N) is 1. The van der Waals surface area contributed by atoms with Crippen molar-refractivity contribution in [1.82, 2.24) is 9.78 Å². The zero-order valence-corrected chi connectivity index (χ0v) is 22.4. The fraction of sp³-hybridized carbons (Fsp3) is 0.258. The number of nitrogens with two attached hydrogens (primary N) is 1. The number of hydrogen-bond acceptors (Lipinski definition) is 4. The van der Waals surface area contributed by atoms with Crippen LogP contribution in [-0.2, 0) is 12.0 Å². The number of hydrogen-bond donors (Lipinski definition) is 3. The number of rotatable bonds is 7. The fourth-order valence-electron chi connectivity index (χ4n) is 4.25. The Kier molecular flexibility index (Phi) is 7.51. The lowest BCUT2D eigenvalue weighted by Gasteiger charge is -2.19. The minimum Gasteiger partial charge on any atom is -0.476 e. The van der Waals surface area contributed by atoms with Crippen molar-refractivity contribution in [2.24, 2.45) is 5.73 Å². The minimum absolute atomic E-state index is 0.0542. The van der Waals surface area contributed by atoms with Gasteiger partial charge >= 0.3 is 5.97 Å². The molecule has 4 N–H and O–H groups in total. The van der Waals surface area contributed by atoms with Crippen molar-refractivity contribution in [2.75, 3.05) is 5.32 Å². The number of nitrogens with zero attached hydrogens (tertiary/aromatic N) is 2. The van der Waals surface area contributed by atoms with Crippen LogP contribution in [0.2, 0.25) is 0 Å². The van der Waals surface area contributed by atoms with Gasteiger partial charge in [0.25, 0.3) is 5.91 Å². The molecule has 1 heterocycles. The molecule has 7 nitrogen and oxygen atoms in total. The molecule has 0 radical (unpaired) electrons. The van der Waals surface area contributed by atoms with E-state index in [1.165, 1.54) is 0 Å². The van der Waals surface area contributed by atoms with Crippen LogP contribution in [0, 0.1) is 0 Å². The van der Waals surface area contributed by atoms with Crippen LogP contribution < -0.4 is 11.1 Å². The summed E-state index contributed by atoms with van der Waals surface area (Å²) in [4.78, 5) is 25.7. The van der Waals surface area contributed by atoms with Crippen LogP contribution in [0.25, 0.3) is 16.9 Å². The van der Waals surface area contributed by atoms with Crippen LogP contribution in [0.4, 0.5) is 5.69 Å². The molecule has 1 aromatic heterocycles. The van der Waals surface area contributed by atoms with E-state index in [1.54, 1.807) is 16.8 Å². The summed E-state index contributed by atoms with van der Waals surface area (Å²) in [5.74, 6) is -1.31. The number of carbonyl (C=O) groups is 2. The van der Waals surface area contributed by atoms with Gasteiger partial charge < -0.3 is 16.2 Å². The maximum atomic E-state index is 13.4. The lowest BCUT2D eigenvalue weighted by Crippen LogP contribution is -2.16. The molecule has 0 unspecified atom stereocenters. The van der Waals surface area contributed by atoms with Crippen LogP contribution in [0.1, 0.15) is 78.1 Å². The van der Waals surface area contributed by atoms with Gasteiger partial charge in [-0.05, 0) is 52.3 Å². The Morgan fingerprint density at radius 3 is 2.05 bits per heavy atom. The van der Waals surface area contributed by atoms with Gasteiger partial charge in [0, 0.05) is 17.7 Å². The second-order valence-electron chi connectivity index (χ2n) is 10.7. The summed E-state index contributed by atoms with van der Waals surface area (Å²) >= 11 is 0. The Hall–Kier alpha value is -4.23. The van der Waals surface area contributed by atoms with Gasteiger partial charge in [0.2, 0.25) is 0 Å². The number of carboxylic acid groups (broad SMARTS) is 1. The summed E-state index contributed by atoms with van der Waals surface area (Å²) in [5.41, 5.74) is 11.1. The first-order valence-electron chi connectivity index (χ1n) is 12.7. The Bertz CT molecular complexity index is 1440. The second-order valence-corrected chi connectivity index (χ2v) is 10.7. The molecule has 7 heteroatoms. The Balaban J connectivity index is 1.85. The van der Waals surface area contributed by atoms with Gasteiger partial charge in [-0.2, -0.15) is 5.10 Å². The molecule has 0 fully saturated rings. The molecule has 0 atom stereocenters. The van der Waals surface area contributed by atoms with Crippen molar-refractivity contribution >= 4 is 17.6 Å². The number of aromatic carboxylic acids is 1. The Morgan fingerprint density at radius 1 is 0.947 bits per heavy atom. The molecular formula is C31H34N4O3. The fourth-order valence-corrected chi connectivity index (χ4v) is 4.25. The summed E-state index contributed by atoms with van der Waals surface area (Å²) in [7, 11) is 0. The van der Waals surface area contributed by atoms with Gasteiger partial charge in [-0.15, -0.1) is 0 Å². The third kappa shape index (κ3) is 5.53. The topological polar surface area (TPSA) is 110 Å². The largest absolute Gasteiger partial charge is 0.476 e. The number of anilines is 1. The first-order valence-corrected chi connectivity index (χ1v) is 12.7. The second kappa shape index (κ2) is 10.6. The molecule has 4 rings (SSSR count). The van der Waals surface area contributed by atoms with Gasteiger partial charge in [-0.3, -0.25) is 4.79 Å². The van der Waals surface area contributed by atoms with Crippen molar-refractivity contribution in [3.8, 4) is 16.9 Å². The van der Waals surface area contributed by atoms with E-state index >= 15 is 0 Å². The quantitative estimate of drug-likeness (QED) is 0.268. The van der Waals surface area contributed by atoms with E-state index in [0.717, 1.165) is 22.3 Å². The average Bonchev–Trinajstić information content (AvgIpc) is 3.27. The van der Waals surface area contributed by atoms with Crippen LogP contribution in [-0.4, -0.2) is 26.8 Å². The molecule has 0 saturated carbocycles. The number of benzene rings is 3. The highest BCUT2D eigenvalue weighted by atomic mass is 16.4. The van der Waals surface area contributed by atoms with Crippen molar-refractivity contribution < 1.29 is 14.7 Å². The van der Waals surface area contributed by atoms with E-state index in [4.69, 9.17) is 5.73 Å². The molecule has 0 bridgehead atoms. The molecule has 196 valence electrons. The monoisotopic (exact) mass is 510 g/mol. The summed E-state index contributed by atoms with van der Waals surface area (Å²) in [6.07, 6.45) is 0. The van der Waals surface area contributed by atoms with Crippen LogP contribution in [0.5, 0.6) is 0 Å². The van der Waals surface area contributed by atoms with Crippen molar-refractivity contribution in [1.29, 1.82) is 0 Å². The first-order chi connectivity index (χ1) is 18.0. The highest BCUT2D eigenvalue weighted by Crippen LogP contribution is 2.35. The van der Waals surface area contributed by atoms with Crippen molar-refractivity contribution in [3.63, 3.8) is 0 Å². The Labute approximate surface area is 223 Å². The third-order valence-electron chi connectivity index (χ3n) is 6.61. The number of carbonyl (C=O) groups excluding carboxylic acids is 1. The van der Waals surface area contributed by atoms with E-state index in [1.807, 2.05) is 60.7 Å². The third-order valence-corrected chi connectivity index (χ3v) is 6.61. The van der Waals surface area contributed by atoms with E-state index in [-0.39, 0.29) is 16.8 Å². The van der Waals surface area contributed by atoms with Gasteiger partial charge in [0.05, 0.1) is 11.4 Å². The lowest BCUT2D eigenvalue weighted by atomic mass is 9.86. The molecule has 0 spiro atoms. The van der Waals surface area contributed by atoms with Crippen molar-refractivity contribution in [3.05, 3.63) is 101 Å². The molecule has 4 aromatic rings. The molecule has 0 aliphatic carbocycles. The van der Waals surface area contributed by atoms with E-state index in [0.29, 0.717) is 29.4 Å². The maximum absolute atomic E-state index is 13.4. The molecule has 3 aromatic carbocycles. The predicted octanol–water partition coefficient (Wildman–Crippen LogP) is 6.37. The number of carboxylic acids is 1. The lowest BCUT2D eigenvalue weighted by molar-refractivity contribution is 0.0691. The highest BCUT2D eigenvalue weighted by Gasteiger charge is 2.27. The van der Waals surface area contributed by atoms with E-state index < -0.39 is 11.9 Å². The summed E-state index contributed by atoms with van der Waals surface area (Å²) in [5, 5.41) is 17.4. The van der Waals surface area contributed by atoms with Crippen molar-refractivity contribution in [2.45, 2.75) is 52.5 Å². The van der Waals surface area contributed by atoms with Gasteiger partial charge in [0.15, 0.2) is 5.69 Å². The SMILES string of the molecule is CC(C)c1ccc(-c2c(NC(=O)c3ccc(C(C)(C)C)cc3)c(C(=O)O)nn2-c2ccc(CN)cc2)cc1. The summed E-state index contributed by atoms with van der Waals surface area (Å²) < 4.78 is 1.56. The summed E-state index contributed by atoms with van der Waals surface area (Å²) in [6.45, 7) is 10.9. The van der Waals surface area contributed by atoms with Crippen LogP contribution >= 0.6 is 0 Å². The van der Waals surface area contributed by atoms with E-state index in [9.17, 15) is 14.7 Å². The zero-order valence-electron chi connectivity index (χ0n) is 22.4. The predicted molar refractivity (Wildman–Crippen MR) is 151 cm³/mol. The Morgan fingerprint density at radius 2 is 1.55 bits per heavy atom. The standard InChI is InChI=1S/C31H34N4O3/c1-19(2)21-8-10-22(11-9-21)28-26(33-29(36)23-12-14-24(15-13-23)31(3,4)5)27(30(37)38)34-35(28)25-16-6-20(18-32)7-17-25/h6-17,19H,18,32H2,1-5H3,(H,33,36)(H,37,38). The molecular weight excluding hydrogens is 476 g/mol. The first kappa shape index (κ1) is 26.8. The molecule has 38 heavy (non-hydrogen) atoms. The van der Waals surface area contributed by atoms with Gasteiger partial charge in [0.1, 0.15) is 5.69 Å². The average molecular weight is 511 g/mol. The number of amides is 1. The minimum atomic E-state index is -1.24. The van der Waals surface area contributed by atoms with Crippen LogP contribution in [0.15, 0.2) is 72.8 Å². The normalized spacial score (nSPS) is 11.6. The van der Waals surface area contributed by atoms with Gasteiger partial charge in [-0.1, -0.05) is 83.1 Å². The molecule has 0 saturated heterocycles.